The maximum atomic E-state index is 12.7. The molecule has 0 aliphatic rings. The number of anilines is 1. The maximum absolute atomic E-state index is 12.7. The van der Waals surface area contributed by atoms with E-state index in [-0.39, 0.29) is 11.7 Å². The summed E-state index contributed by atoms with van der Waals surface area (Å²) in [6, 6.07) is 16.8. The number of rotatable bonds is 4. The van der Waals surface area contributed by atoms with Gasteiger partial charge in [-0.1, -0.05) is 18.2 Å². The minimum atomic E-state index is -0.359. The number of benzene rings is 1. The first kappa shape index (κ1) is 17.3. The summed E-state index contributed by atoms with van der Waals surface area (Å²) in [7, 11) is 1.79. The highest BCUT2D eigenvalue weighted by Gasteiger charge is 2.18. The predicted molar refractivity (Wildman–Crippen MR) is 112 cm³/mol. The van der Waals surface area contributed by atoms with Crippen molar-refractivity contribution in [2.45, 2.75) is 0 Å². The summed E-state index contributed by atoms with van der Waals surface area (Å²) >= 11 is 1.52. The molecule has 4 heterocycles. The summed E-state index contributed by atoms with van der Waals surface area (Å²) in [6.07, 6.45) is 3.42. The fraction of sp³-hybridized carbons (Fsp3) is 0.0476. The third-order valence-corrected chi connectivity index (χ3v) is 5.37. The Morgan fingerprint density at radius 3 is 2.79 bits per heavy atom. The van der Waals surface area contributed by atoms with E-state index in [1.54, 1.807) is 36.3 Å². The molecule has 1 N–H and O–H groups in total. The van der Waals surface area contributed by atoms with Gasteiger partial charge in [0, 0.05) is 19.4 Å². The van der Waals surface area contributed by atoms with E-state index in [0.717, 1.165) is 15.2 Å². The number of carbonyl (C=O) groups is 1. The first-order valence-electron chi connectivity index (χ1n) is 8.89. The quantitative estimate of drug-likeness (QED) is 0.475. The minimum Gasteiger partial charge on any atom is -0.448 e. The molecule has 0 bridgehead atoms. The fourth-order valence-corrected chi connectivity index (χ4v) is 3.94. The van der Waals surface area contributed by atoms with Gasteiger partial charge in [0.15, 0.2) is 16.5 Å². The fourth-order valence-electron chi connectivity index (χ4n) is 3.01. The van der Waals surface area contributed by atoms with E-state index in [1.807, 2.05) is 42.5 Å². The number of carbonyl (C=O) groups excluding carboxylic acids is 1. The van der Waals surface area contributed by atoms with Crippen molar-refractivity contribution in [3.63, 3.8) is 0 Å². The molecule has 0 unspecified atom stereocenters. The first-order chi connectivity index (χ1) is 14.2. The third kappa shape index (κ3) is 3.30. The van der Waals surface area contributed by atoms with Crippen LogP contribution in [0.1, 0.15) is 10.6 Å². The highest BCUT2D eigenvalue weighted by atomic mass is 32.1. The van der Waals surface area contributed by atoms with Crippen LogP contribution in [0.2, 0.25) is 0 Å². The van der Waals surface area contributed by atoms with Crippen LogP contribution in [0.25, 0.3) is 32.4 Å². The molecule has 0 fully saturated rings. The molecule has 142 valence electrons. The highest BCUT2D eigenvalue weighted by Crippen LogP contribution is 2.31. The van der Waals surface area contributed by atoms with Gasteiger partial charge in [-0.2, -0.15) is 5.10 Å². The number of fused-ring (bicyclic) bond motifs is 1. The van der Waals surface area contributed by atoms with E-state index in [0.29, 0.717) is 22.8 Å². The second kappa shape index (κ2) is 6.99. The summed E-state index contributed by atoms with van der Waals surface area (Å²) in [5.74, 6) is 0.408. The van der Waals surface area contributed by atoms with Gasteiger partial charge in [-0.05, 0) is 36.4 Å². The molecule has 29 heavy (non-hydrogen) atoms. The SMILES string of the molecule is Cn1cc(NC(=O)c2ccc(-c3nc4ccccc4s3)o2)c(-c2ccccn2)n1. The van der Waals surface area contributed by atoms with Gasteiger partial charge in [0.25, 0.3) is 5.91 Å². The van der Waals surface area contributed by atoms with Crippen LogP contribution >= 0.6 is 11.3 Å². The molecule has 0 saturated carbocycles. The number of hydrogen-bond donors (Lipinski definition) is 1. The standard InChI is InChI=1S/C21H15N5O2S/c1-26-12-15(19(25-26)14-7-4-5-11-22-14)23-20(27)16-9-10-17(28-16)21-24-13-6-2-3-8-18(13)29-21/h2-12H,1H3,(H,23,27). The monoisotopic (exact) mass is 401 g/mol. The summed E-state index contributed by atoms with van der Waals surface area (Å²) < 4.78 is 8.48. The molecule has 7 nitrogen and oxygen atoms in total. The number of furan rings is 1. The Bertz CT molecular complexity index is 1290. The van der Waals surface area contributed by atoms with Gasteiger partial charge in [0.05, 0.1) is 21.6 Å². The Kier molecular flexibility index (Phi) is 4.18. The lowest BCUT2D eigenvalue weighted by molar-refractivity contribution is 0.0997. The number of thiazole rings is 1. The van der Waals surface area contributed by atoms with Crippen LogP contribution in [0.4, 0.5) is 5.69 Å². The summed E-state index contributed by atoms with van der Waals surface area (Å²) in [5.41, 5.74) is 2.75. The van der Waals surface area contributed by atoms with Crippen molar-refractivity contribution < 1.29 is 9.21 Å². The van der Waals surface area contributed by atoms with Crippen molar-refractivity contribution >= 4 is 33.1 Å². The second-order valence-corrected chi connectivity index (χ2v) is 7.42. The van der Waals surface area contributed by atoms with Crippen LogP contribution in [-0.2, 0) is 7.05 Å². The Labute approximate surface area is 169 Å². The molecule has 0 aliphatic heterocycles. The van der Waals surface area contributed by atoms with Crippen LogP contribution < -0.4 is 5.32 Å². The molecular formula is C21H15N5O2S. The lowest BCUT2D eigenvalue weighted by Crippen LogP contribution is -2.11. The molecule has 5 aromatic rings. The maximum Gasteiger partial charge on any atom is 0.291 e. The Hall–Kier alpha value is -3.78. The lowest BCUT2D eigenvalue weighted by atomic mass is 10.2. The van der Waals surface area contributed by atoms with Crippen molar-refractivity contribution in [3.8, 4) is 22.2 Å². The number of amides is 1. The first-order valence-corrected chi connectivity index (χ1v) is 9.71. The molecule has 8 heteroatoms. The molecule has 4 aromatic heterocycles. The van der Waals surface area contributed by atoms with Gasteiger partial charge >= 0.3 is 0 Å². The molecule has 1 amide bonds. The highest BCUT2D eigenvalue weighted by molar-refractivity contribution is 7.21. The van der Waals surface area contributed by atoms with Crippen LogP contribution in [0.15, 0.2) is 71.4 Å². The molecule has 5 rings (SSSR count). The average Bonchev–Trinajstić information content (AvgIpc) is 3.46. The number of aromatic nitrogens is 4. The van der Waals surface area contributed by atoms with Gasteiger partial charge in [-0.15, -0.1) is 11.3 Å². The third-order valence-electron chi connectivity index (χ3n) is 4.32. The van der Waals surface area contributed by atoms with Crippen molar-refractivity contribution in [1.29, 1.82) is 0 Å². The number of aryl methyl sites for hydroxylation is 1. The van der Waals surface area contributed by atoms with Crippen LogP contribution in [0, 0.1) is 0 Å². The van der Waals surface area contributed by atoms with Crippen LogP contribution in [-0.4, -0.2) is 25.7 Å². The number of para-hydroxylation sites is 1. The van der Waals surface area contributed by atoms with Crippen molar-refractivity contribution in [2.24, 2.45) is 7.05 Å². The molecule has 0 saturated heterocycles. The second-order valence-electron chi connectivity index (χ2n) is 6.38. The van der Waals surface area contributed by atoms with E-state index < -0.39 is 0 Å². The zero-order valence-electron chi connectivity index (χ0n) is 15.4. The molecule has 0 aliphatic carbocycles. The molecule has 0 radical (unpaired) electrons. The summed E-state index contributed by atoms with van der Waals surface area (Å²) in [4.78, 5) is 21.6. The molecule has 1 aromatic carbocycles. The zero-order chi connectivity index (χ0) is 19.8. The smallest absolute Gasteiger partial charge is 0.291 e. The molecule has 0 atom stereocenters. The van der Waals surface area contributed by atoms with E-state index in [4.69, 9.17) is 4.42 Å². The zero-order valence-corrected chi connectivity index (χ0v) is 16.2. The van der Waals surface area contributed by atoms with E-state index in [1.165, 1.54) is 11.3 Å². The minimum absolute atomic E-state index is 0.204. The number of hydrogen-bond acceptors (Lipinski definition) is 6. The van der Waals surface area contributed by atoms with Gasteiger partial charge < -0.3 is 9.73 Å². The Morgan fingerprint density at radius 2 is 1.97 bits per heavy atom. The average molecular weight is 401 g/mol. The van der Waals surface area contributed by atoms with Gasteiger partial charge in [0.2, 0.25) is 0 Å². The topological polar surface area (TPSA) is 85.8 Å². The number of nitrogens with zero attached hydrogens (tertiary/aromatic N) is 4. The molecular weight excluding hydrogens is 386 g/mol. The predicted octanol–water partition coefficient (Wildman–Crippen LogP) is 4.60. The Morgan fingerprint density at radius 1 is 1.10 bits per heavy atom. The summed E-state index contributed by atoms with van der Waals surface area (Å²) in [5, 5.41) is 8.01. The van der Waals surface area contributed by atoms with Crippen molar-refractivity contribution in [1.82, 2.24) is 19.7 Å². The van der Waals surface area contributed by atoms with Gasteiger partial charge in [-0.25, -0.2) is 4.98 Å². The molecule has 0 spiro atoms. The van der Waals surface area contributed by atoms with E-state index >= 15 is 0 Å². The largest absolute Gasteiger partial charge is 0.448 e. The van der Waals surface area contributed by atoms with Crippen molar-refractivity contribution in [2.75, 3.05) is 5.32 Å². The normalized spacial score (nSPS) is 11.1. The number of nitrogens with one attached hydrogen (secondary N) is 1. The van der Waals surface area contributed by atoms with Crippen LogP contribution in [0.5, 0.6) is 0 Å². The Balaban J connectivity index is 1.41. The van der Waals surface area contributed by atoms with E-state index in [9.17, 15) is 4.79 Å². The van der Waals surface area contributed by atoms with Gasteiger partial charge in [0.1, 0.15) is 5.69 Å². The van der Waals surface area contributed by atoms with Crippen molar-refractivity contribution in [3.05, 3.63) is 72.8 Å². The van der Waals surface area contributed by atoms with Gasteiger partial charge in [-0.3, -0.25) is 14.5 Å². The number of pyridine rings is 1. The summed E-state index contributed by atoms with van der Waals surface area (Å²) in [6.45, 7) is 0. The van der Waals surface area contributed by atoms with E-state index in [2.05, 4.69) is 20.4 Å². The van der Waals surface area contributed by atoms with Crippen LogP contribution in [0.3, 0.4) is 0 Å². The lowest BCUT2D eigenvalue weighted by Gasteiger charge is -2.03.